The lowest BCUT2D eigenvalue weighted by Crippen LogP contribution is -2.54. The van der Waals surface area contributed by atoms with Gasteiger partial charge in [-0.25, -0.2) is 4.79 Å². The van der Waals surface area contributed by atoms with Crippen molar-refractivity contribution in [2.75, 3.05) is 26.3 Å². The minimum Gasteiger partial charge on any atom is -0.445 e. The molecule has 0 saturated carbocycles. The molecule has 0 N–H and O–H groups in total. The normalized spacial score (nSPS) is 28.0. The minimum absolute atomic E-state index is 0.0110. The number of carbonyl (C=O) groups excluding carboxylic acids is 2. The van der Waals surface area contributed by atoms with E-state index in [9.17, 15) is 9.59 Å². The van der Waals surface area contributed by atoms with Crippen molar-refractivity contribution in [1.29, 1.82) is 0 Å². The molecule has 0 aliphatic carbocycles. The van der Waals surface area contributed by atoms with Crippen LogP contribution in [-0.4, -0.2) is 43.6 Å². The smallest absolute Gasteiger partial charge is 0.410 e. The first-order chi connectivity index (χ1) is 10.3. The number of fused-ring (bicyclic) bond motifs is 2. The van der Waals surface area contributed by atoms with E-state index in [0.717, 1.165) is 11.8 Å². The highest BCUT2D eigenvalue weighted by Gasteiger charge is 2.41. The van der Waals surface area contributed by atoms with E-state index < -0.39 is 0 Å². The number of carbonyl (C=O) groups is 2. The minimum atomic E-state index is -0.305. The van der Waals surface area contributed by atoms with Crippen molar-refractivity contribution in [3.05, 3.63) is 35.9 Å². The number of benzene rings is 1. The van der Waals surface area contributed by atoms with E-state index in [2.05, 4.69) is 0 Å². The van der Waals surface area contributed by atoms with Crippen LogP contribution in [0.1, 0.15) is 5.56 Å². The summed E-state index contributed by atoms with van der Waals surface area (Å²) < 4.78 is 10.8. The summed E-state index contributed by atoms with van der Waals surface area (Å²) in [6, 6.07) is 9.61. The Balaban J connectivity index is 1.57. The standard InChI is InChI=1S/C16H19NO4/c18-8-15-13-6-17(7-14(15)11-20-10-13)16(19)21-9-12-4-2-1-3-5-12/h1-5,8,13-15H,6-7,9-11H2. The van der Waals surface area contributed by atoms with Crippen LogP contribution in [0.25, 0.3) is 0 Å². The van der Waals surface area contributed by atoms with Gasteiger partial charge in [0.15, 0.2) is 0 Å². The molecule has 1 aromatic rings. The van der Waals surface area contributed by atoms with Crippen molar-refractivity contribution in [2.24, 2.45) is 17.8 Å². The first kappa shape index (κ1) is 14.1. The second kappa shape index (κ2) is 6.26. The van der Waals surface area contributed by atoms with Crippen molar-refractivity contribution in [3.63, 3.8) is 0 Å². The summed E-state index contributed by atoms with van der Waals surface area (Å²) in [7, 11) is 0. The van der Waals surface area contributed by atoms with Gasteiger partial charge in [-0.05, 0) is 5.56 Å². The Morgan fingerprint density at radius 1 is 1.24 bits per heavy atom. The van der Waals surface area contributed by atoms with E-state index in [0.29, 0.717) is 26.3 Å². The Kier molecular flexibility index (Phi) is 4.20. The van der Waals surface area contributed by atoms with Crippen LogP contribution in [0, 0.1) is 17.8 Å². The fourth-order valence-electron chi connectivity index (χ4n) is 3.15. The van der Waals surface area contributed by atoms with Gasteiger partial charge < -0.3 is 19.2 Å². The molecule has 2 heterocycles. The number of hydrogen-bond donors (Lipinski definition) is 0. The average molecular weight is 289 g/mol. The number of ether oxygens (including phenoxy) is 2. The molecule has 2 atom stereocenters. The SMILES string of the molecule is O=CC1C2COCC1CN(C(=O)OCc1ccccc1)C2. The van der Waals surface area contributed by atoms with Crippen LogP contribution in [0.3, 0.4) is 0 Å². The maximum atomic E-state index is 12.2. The Morgan fingerprint density at radius 2 is 1.90 bits per heavy atom. The second-order valence-corrected chi connectivity index (χ2v) is 5.72. The zero-order valence-corrected chi connectivity index (χ0v) is 11.8. The molecule has 5 nitrogen and oxygen atoms in total. The quantitative estimate of drug-likeness (QED) is 0.795. The molecule has 21 heavy (non-hydrogen) atoms. The van der Waals surface area contributed by atoms with Crippen LogP contribution in [-0.2, 0) is 20.9 Å². The number of rotatable bonds is 3. The largest absolute Gasteiger partial charge is 0.445 e. The van der Waals surface area contributed by atoms with Crippen molar-refractivity contribution < 1.29 is 19.1 Å². The molecule has 1 amide bonds. The summed E-state index contributed by atoms with van der Waals surface area (Å²) in [5.41, 5.74) is 0.970. The summed E-state index contributed by atoms with van der Waals surface area (Å²) in [5.74, 6) is 0.204. The highest BCUT2D eigenvalue weighted by atomic mass is 16.6. The van der Waals surface area contributed by atoms with Crippen LogP contribution < -0.4 is 0 Å². The zero-order chi connectivity index (χ0) is 14.7. The summed E-state index contributed by atoms with van der Waals surface area (Å²) >= 11 is 0. The highest BCUT2D eigenvalue weighted by Crippen LogP contribution is 2.32. The summed E-state index contributed by atoms with van der Waals surface area (Å²) in [4.78, 5) is 25.1. The van der Waals surface area contributed by atoms with Gasteiger partial charge in [-0.3, -0.25) is 0 Å². The fraction of sp³-hybridized carbons (Fsp3) is 0.500. The Morgan fingerprint density at radius 3 is 2.52 bits per heavy atom. The zero-order valence-electron chi connectivity index (χ0n) is 11.8. The molecule has 0 spiro atoms. The molecule has 2 saturated heterocycles. The predicted molar refractivity (Wildman–Crippen MR) is 75.6 cm³/mol. The number of piperidine rings is 1. The lowest BCUT2D eigenvalue weighted by molar-refractivity contribution is -0.128. The van der Waals surface area contributed by atoms with E-state index in [1.165, 1.54) is 0 Å². The molecule has 112 valence electrons. The van der Waals surface area contributed by atoms with E-state index in [4.69, 9.17) is 9.47 Å². The van der Waals surface area contributed by atoms with Crippen LogP contribution in [0.2, 0.25) is 0 Å². The highest BCUT2D eigenvalue weighted by molar-refractivity contribution is 5.68. The summed E-state index contributed by atoms with van der Waals surface area (Å²) in [5, 5.41) is 0. The number of likely N-dealkylation sites (tertiary alicyclic amines) is 1. The van der Waals surface area contributed by atoms with Gasteiger partial charge >= 0.3 is 6.09 Å². The molecule has 0 aromatic heterocycles. The Hall–Kier alpha value is -1.88. The third-order valence-electron chi connectivity index (χ3n) is 4.28. The molecule has 5 heteroatoms. The van der Waals surface area contributed by atoms with E-state index >= 15 is 0 Å². The fourth-order valence-corrected chi connectivity index (χ4v) is 3.15. The third kappa shape index (κ3) is 3.08. The van der Waals surface area contributed by atoms with Crippen molar-refractivity contribution >= 4 is 12.4 Å². The van der Waals surface area contributed by atoms with Crippen LogP contribution >= 0.6 is 0 Å². The molecule has 0 radical (unpaired) electrons. The third-order valence-corrected chi connectivity index (χ3v) is 4.28. The molecular weight excluding hydrogens is 270 g/mol. The van der Waals surface area contributed by atoms with Gasteiger partial charge in [0.1, 0.15) is 12.9 Å². The number of aldehydes is 1. The Labute approximate surface area is 123 Å². The van der Waals surface area contributed by atoms with Crippen LogP contribution in [0.5, 0.6) is 0 Å². The van der Waals surface area contributed by atoms with E-state index in [1.54, 1.807) is 4.90 Å². The monoisotopic (exact) mass is 289 g/mol. The van der Waals surface area contributed by atoms with Gasteiger partial charge in [0.05, 0.1) is 13.2 Å². The van der Waals surface area contributed by atoms with Gasteiger partial charge in [0.25, 0.3) is 0 Å². The molecule has 2 bridgehead atoms. The molecule has 1 aromatic carbocycles. The first-order valence-corrected chi connectivity index (χ1v) is 7.26. The summed E-state index contributed by atoms with van der Waals surface area (Å²) in [6.45, 7) is 2.44. The molecular formula is C16H19NO4. The molecule has 2 unspecified atom stereocenters. The van der Waals surface area contributed by atoms with Crippen molar-refractivity contribution in [2.45, 2.75) is 6.61 Å². The maximum absolute atomic E-state index is 12.2. The van der Waals surface area contributed by atoms with Crippen molar-refractivity contribution in [1.82, 2.24) is 4.90 Å². The topological polar surface area (TPSA) is 55.8 Å². The average Bonchev–Trinajstić information content (AvgIpc) is 2.52. The van der Waals surface area contributed by atoms with Crippen LogP contribution in [0.15, 0.2) is 30.3 Å². The first-order valence-electron chi connectivity index (χ1n) is 7.26. The lowest BCUT2D eigenvalue weighted by Gasteiger charge is -2.44. The van der Waals surface area contributed by atoms with Gasteiger partial charge in [0, 0.05) is 30.8 Å². The molecule has 2 aliphatic rings. The molecule has 2 fully saturated rings. The lowest BCUT2D eigenvalue weighted by atomic mass is 9.77. The van der Waals surface area contributed by atoms with Crippen molar-refractivity contribution in [3.8, 4) is 0 Å². The number of amides is 1. The molecule has 2 aliphatic heterocycles. The van der Waals surface area contributed by atoms with Gasteiger partial charge in [-0.15, -0.1) is 0 Å². The number of nitrogens with zero attached hydrogens (tertiary/aromatic N) is 1. The van der Waals surface area contributed by atoms with Gasteiger partial charge in [0.2, 0.25) is 0 Å². The second-order valence-electron chi connectivity index (χ2n) is 5.72. The van der Waals surface area contributed by atoms with E-state index in [1.807, 2.05) is 30.3 Å². The predicted octanol–water partition coefficient (Wildman–Crippen LogP) is 1.72. The van der Waals surface area contributed by atoms with Crippen LogP contribution in [0.4, 0.5) is 4.79 Å². The van der Waals surface area contributed by atoms with E-state index in [-0.39, 0.29) is 30.5 Å². The van der Waals surface area contributed by atoms with Gasteiger partial charge in [-0.1, -0.05) is 30.3 Å². The Bertz CT molecular complexity index is 490. The molecule has 3 rings (SSSR count). The summed E-state index contributed by atoms with van der Waals surface area (Å²) in [6.07, 6.45) is 0.713. The number of hydrogen-bond acceptors (Lipinski definition) is 4. The maximum Gasteiger partial charge on any atom is 0.410 e. The van der Waals surface area contributed by atoms with Gasteiger partial charge in [-0.2, -0.15) is 0 Å².